The van der Waals surface area contributed by atoms with Crippen LogP contribution in [-0.4, -0.2) is 35.6 Å². The van der Waals surface area contributed by atoms with Crippen molar-refractivity contribution in [2.24, 2.45) is 0 Å². The summed E-state index contributed by atoms with van der Waals surface area (Å²) in [4.78, 5) is 22.6. The van der Waals surface area contributed by atoms with Crippen molar-refractivity contribution in [2.45, 2.75) is 12.2 Å². The van der Waals surface area contributed by atoms with Gasteiger partial charge in [0.2, 0.25) is 5.91 Å². The van der Waals surface area contributed by atoms with Gasteiger partial charge in [-0.05, 0) is 25.3 Å². The Morgan fingerprint density at radius 3 is 2.61 bits per heavy atom. The SMILES string of the molecule is COc1cc(NC(=O)C(C)SC)ccc1C(=O)O. The first-order valence-corrected chi connectivity index (χ1v) is 6.53. The van der Waals surface area contributed by atoms with Crippen molar-refractivity contribution >= 4 is 29.3 Å². The molecule has 1 aromatic rings. The second-order valence-electron chi connectivity index (χ2n) is 3.59. The van der Waals surface area contributed by atoms with Gasteiger partial charge in [-0.1, -0.05) is 0 Å². The van der Waals surface area contributed by atoms with Crippen molar-refractivity contribution in [3.63, 3.8) is 0 Å². The van der Waals surface area contributed by atoms with Gasteiger partial charge < -0.3 is 15.2 Å². The number of carbonyl (C=O) groups is 2. The van der Waals surface area contributed by atoms with Crippen LogP contribution in [0.4, 0.5) is 5.69 Å². The molecule has 1 rings (SSSR count). The third-order valence-electron chi connectivity index (χ3n) is 2.42. The van der Waals surface area contributed by atoms with Crippen LogP contribution in [-0.2, 0) is 4.79 Å². The molecule has 0 heterocycles. The zero-order valence-corrected chi connectivity index (χ0v) is 11.2. The number of anilines is 1. The lowest BCUT2D eigenvalue weighted by atomic mass is 10.2. The first kappa shape index (κ1) is 14.4. The predicted octanol–water partition coefficient (Wildman–Crippen LogP) is 2.08. The normalized spacial score (nSPS) is 11.7. The first-order valence-electron chi connectivity index (χ1n) is 5.24. The van der Waals surface area contributed by atoms with E-state index < -0.39 is 5.97 Å². The molecular formula is C12H15NO4S. The summed E-state index contributed by atoms with van der Waals surface area (Å²) in [5, 5.41) is 11.5. The Labute approximate surface area is 110 Å². The Morgan fingerprint density at radius 1 is 1.44 bits per heavy atom. The lowest BCUT2D eigenvalue weighted by molar-refractivity contribution is -0.115. The topological polar surface area (TPSA) is 75.6 Å². The van der Waals surface area contributed by atoms with Crippen molar-refractivity contribution in [3.05, 3.63) is 23.8 Å². The monoisotopic (exact) mass is 269 g/mol. The van der Waals surface area contributed by atoms with Crippen LogP contribution in [0.1, 0.15) is 17.3 Å². The molecule has 0 aliphatic heterocycles. The molecule has 1 unspecified atom stereocenters. The Kier molecular flexibility index (Phi) is 5.03. The van der Waals surface area contributed by atoms with Gasteiger partial charge in [-0.25, -0.2) is 4.79 Å². The number of hydrogen-bond acceptors (Lipinski definition) is 4. The van der Waals surface area contributed by atoms with Crippen molar-refractivity contribution in [1.82, 2.24) is 0 Å². The summed E-state index contributed by atoms with van der Waals surface area (Å²) >= 11 is 1.43. The summed E-state index contributed by atoms with van der Waals surface area (Å²) in [5.74, 6) is -0.980. The summed E-state index contributed by atoms with van der Waals surface area (Å²) in [7, 11) is 1.39. The van der Waals surface area contributed by atoms with E-state index in [2.05, 4.69) is 5.32 Å². The number of aromatic carboxylic acids is 1. The standard InChI is InChI=1S/C12H15NO4S/c1-7(18-3)11(14)13-8-4-5-9(12(15)16)10(6-8)17-2/h4-7H,1-3H3,(H,13,14)(H,15,16). The smallest absolute Gasteiger partial charge is 0.339 e. The fourth-order valence-electron chi connectivity index (χ4n) is 1.30. The van der Waals surface area contributed by atoms with Gasteiger partial charge in [-0.3, -0.25) is 4.79 Å². The number of hydrogen-bond donors (Lipinski definition) is 2. The highest BCUT2D eigenvalue weighted by Gasteiger charge is 2.14. The fourth-order valence-corrected chi connectivity index (χ4v) is 1.57. The van der Waals surface area contributed by atoms with Gasteiger partial charge in [0.1, 0.15) is 11.3 Å². The number of carboxylic acid groups (broad SMARTS) is 1. The van der Waals surface area contributed by atoms with E-state index in [1.54, 1.807) is 6.92 Å². The number of benzene rings is 1. The lowest BCUT2D eigenvalue weighted by Gasteiger charge is -2.11. The highest BCUT2D eigenvalue weighted by molar-refractivity contribution is 7.99. The minimum atomic E-state index is -1.07. The number of rotatable bonds is 5. The summed E-state index contributed by atoms with van der Waals surface area (Å²) < 4.78 is 4.98. The average Bonchev–Trinajstić information content (AvgIpc) is 2.37. The summed E-state index contributed by atoms with van der Waals surface area (Å²) in [6, 6.07) is 4.44. The van der Waals surface area contributed by atoms with Gasteiger partial charge in [-0.15, -0.1) is 0 Å². The number of amides is 1. The molecule has 0 aliphatic carbocycles. The minimum Gasteiger partial charge on any atom is -0.496 e. The third-order valence-corrected chi connectivity index (χ3v) is 3.34. The van der Waals surface area contributed by atoms with Gasteiger partial charge in [0.25, 0.3) is 0 Å². The molecule has 1 aromatic carbocycles. The fraction of sp³-hybridized carbons (Fsp3) is 0.333. The summed E-state index contributed by atoms with van der Waals surface area (Å²) in [6.07, 6.45) is 1.85. The van der Waals surface area contributed by atoms with Crippen LogP contribution < -0.4 is 10.1 Å². The average molecular weight is 269 g/mol. The van der Waals surface area contributed by atoms with Crippen LogP contribution in [0, 0.1) is 0 Å². The molecule has 6 heteroatoms. The maximum Gasteiger partial charge on any atom is 0.339 e. The van der Waals surface area contributed by atoms with E-state index >= 15 is 0 Å². The second kappa shape index (κ2) is 6.30. The molecule has 0 spiro atoms. The van der Waals surface area contributed by atoms with E-state index in [9.17, 15) is 9.59 Å². The molecule has 0 saturated carbocycles. The Hall–Kier alpha value is -1.69. The largest absolute Gasteiger partial charge is 0.496 e. The molecule has 0 fully saturated rings. The van der Waals surface area contributed by atoms with Gasteiger partial charge >= 0.3 is 5.97 Å². The van der Waals surface area contributed by atoms with Crippen LogP contribution in [0.2, 0.25) is 0 Å². The van der Waals surface area contributed by atoms with Crippen molar-refractivity contribution < 1.29 is 19.4 Å². The zero-order valence-electron chi connectivity index (χ0n) is 10.4. The maximum absolute atomic E-state index is 11.7. The molecule has 0 bridgehead atoms. The zero-order chi connectivity index (χ0) is 13.7. The number of thioether (sulfide) groups is 1. The van der Waals surface area contributed by atoms with Crippen molar-refractivity contribution in [2.75, 3.05) is 18.7 Å². The third kappa shape index (κ3) is 3.40. The second-order valence-corrected chi connectivity index (χ2v) is 4.77. The van der Waals surface area contributed by atoms with Gasteiger partial charge in [0, 0.05) is 11.8 Å². The van der Waals surface area contributed by atoms with Crippen LogP contribution in [0.15, 0.2) is 18.2 Å². The molecule has 0 saturated heterocycles. The summed E-state index contributed by atoms with van der Waals surface area (Å²) in [5.41, 5.74) is 0.580. The number of nitrogens with one attached hydrogen (secondary N) is 1. The number of methoxy groups -OCH3 is 1. The summed E-state index contributed by atoms with van der Waals surface area (Å²) in [6.45, 7) is 1.79. The Balaban J connectivity index is 2.92. The van der Waals surface area contributed by atoms with Crippen LogP contribution in [0.5, 0.6) is 5.75 Å². The quantitative estimate of drug-likeness (QED) is 0.856. The van der Waals surface area contributed by atoms with Crippen LogP contribution >= 0.6 is 11.8 Å². The first-order chi connectivity index (χ1) is 8.49. The molecule has 0 aromatic heterocycles. The number of carboxylic acids is 1. The van der Waals surface area contributed by atoms with Crippen LogP contribution in [0.3, 0.4) is 0 Å². The highest BCUT2D eigenvalue weighted by Crippen LogP contribution is 2.23. The lowest BCUT2D eigenvalue weighted by Crippen LogP contribution is -2.22. The van der Waals surface area contributed by atoms with Crippen molar-refractivity contribution in [3.8, 4) is 5.75 Å². The molecule has 1 atom stereocenters. The van der Waals surface area contributed by atoms with E-state index in [1.165, 1.54) is 37.1 Å². The van der Waals surface area contributed by atoms with E-state index in [0.29, 0.717) is 5.69 Å². The number of ether oxygens (including phenoxy) is 1. The maximum atomic E-state index is 11.7. The van der Waals surface area contributed by atoms with E-state index in [4.69, 9.17) is 9.84 Å². The molecule has 98 valence electrons. The Bertz CT molecular complexity index is 461. The molecule has 5 nitrogen and oxygen atoms in total. The van der Waals surface area contributed by atoms with Gasteiger partial charge in [0.15, 0.2) is 0 Å². The molecule has 1 amide bonds. The van der Waals surface area contributed by atoms with Crippen LogP contribution in [0.25, 0.3) is 0 Å². The molecule has 2 N–H and O–H groups in total. The predicted molar refractivity (Wildman–Crippen MR) is 71.6 cm³/mol. The van der Waals surface area contributed by atoms with E-state index in [1.807, 2.05) is 6.26 Å². The van der Waals surface area contributed by atoms with Crippen molar-refractivity contribution in [1.29, 1.82) is 0 Å². The van der Waals surface area contributed by atoms with Gasteiger partial charge in [0.05, 0.1) is 12.4 Å². The van der Waals surface area contributed by atoms with E-state index in [-0.39, 0.29) is 22.5 Å². The van der Waals surface area contributed by atoms with E-state index in [0.717, 1.165) is 0 Å². The number of carbonyl (C=O) groups excluding carboxylic acids is 1. The van der Waals surface area contributed by atoms with Gasteiger partial charge in [-0.2, -0.15) is 11.8 Å². The highest BCUT2D eigenvalue weighted by atomic mass is 32.2. The Morgan fingerprint density at radius 2 is 2.11 bits per heavy atom. The molecule has 18 heavy (non-hydrogen) atoms. The minimum absolute atomic E-state index is 0.0633. The molecule has 0 radical (unpaired) electrons. The molecular weight excluding hydrogens is 254 g/mol. The molecule has 0 aliphatic rings.